The third-order valence-electron chi connectivity index (χ3n) is 9.39. The van der Waals surface area contributed by atoms with Gasteiger partial charge in [0.25, 0.3) is 5.91 Å². The second-order valence-corrected chi connectivity index (χ2v) is 12.7. The average molecular weight is 639 g/mol. The van der Waals surface area contributed by atoms with E-state index in [9.17, 15) is 19.2 Å². The monoisotopic (exact) mass is 638 g/mol. The largest absolute Gasteiger partial charge is 0.347 e. The second-order valence-electron chi connectivity index (χ2n) is 12.7. The van der Waals surface area contributed by atoms with Crippen molar-refractivity contribution < 1.29 is 14.4 Å². The molecule has 12 nitrogen and oxygen atoms in total. The van der Waals surface area contributed by atoms with Crippen LogP contribution in [0.5, 0.6) is 0 Å². The first-order valence-corrected chi connectivity index (χ1v) is 16.4. The quantitative estimate of drug-likeness (QED) is 0.139. The number of aryl methyl sites for hydroxylation is 1. The predicted octanol–water partition coefficient (Wildman–Crippen LogP) is 2.75. The summed E-state index contributed by atoms with van der Waals surface area (Å²) >= 11 is 0. The van der Waals surface area contributed by atoms with Crippen LogP contribution in [0, 0.1) is 18.8 Å². The zero-order valence-electron chi connectivity index (χ0n) is 26.5. The fourth-order valence-corrected chi connectivity index (χ4v) is 6.58. The number of carbonyl (C=O) groups excluding carboxylic acids is 3. The average Bonchev–Trinajstić information content (AvgIpc) is 3.73. The molecule has 12 heteroatoms. The van der Waals surface area contributed by atoms with Crippen LogP contribution in [0.4, 0.5) is 5.69 Å². The third kappa shape index (κ3) is 7.78. The van der Waals surface area contributed by atoms with Crippen molar-refractivity contribution in [1.82, 2.24) is 30.9 Å². The van der Waals surface area contributed by atoms with Gasteiger partial charge in [0.05, 0.1) is 11.0 Å². The number of nitrogens with two attached hydrogens (primary N) is 1. The van der Waals surface area contributed by atoms with Crippen molar-refractivity contribution in [2.75, 3.05) is 25.0 Å². The molecule has 246 valence electrons. The van der Waals surface area contributed by atoms with Gasteiger partial charge < -0.3 is 37.0 Å². The van der Waals surface area contributed by atoms with Gasteiger partial charge in [-0.3, -0.25) is 14.4 Å². The zero-order chi connectivity index (χ0) is 32.9. The molecule has 2 aromatic heterocycles. The van der Waals surface area contributed by atoms with Crippen LogP contribution in [0.1, 0.15) is 53.8 Å². The van der Waals surface area contributed by atoms with Gasteiger partial charge in [-0.05, 0) is 93.4 Å². The molecule has 6 rings (SSSR count). The molecule has 47 heavy (non-hydrogen) atoms. The number of fused-ring (bicyclic) bond motifs is 1. The maximum atomic E-state index is 13.6. The summed E-state index contributed by atoms with van der Waals surface area (Å²) in [5.41, 5.74) is 11.1. The summed E-state index contributed by atoms with van der Waals surface area (Å²) in [5, 5.41) is 12.2. The number of pyridine rings is 1. The molecule has 0 spiro atoms. The van der Waals surface area contributed by atoms with Gasteiger partial charge in [0.15, 0.2) is 0 Å². The number of rotatable bonds is 10. The lowest BCUT2D eigenvalue weighted by Crippen LogP contribution is -2.48. The van der Waals surface area contributed by atoms with E-state index in [0.717, 1.165) is 67.6 Å². The van der Waals surface area contributed by atoms with E-state index in [1.54, 1.807) is 24.3 Å². The Kier molecular flexibility index (Phi) is 9.79. The Labute approximate surface area is 272 Å². The molecule has 0 radical (unpaired) electrons. The van der Waals surface area contributed by atoms with E-state index >= 15 is 0 Å². The van der Waals surface area contributed by atoms with Crippen LogP contribution in [-0.4, -0.2) is 64.4 Å². The molecule has 8 N–H and O–H groups in total. The summed E-state index contributed by atoms with van der Waals surface area (Å²) in [7, 11) is 0. The van der Waals surface area contributed by atoms with Gasteiger partial charge in [-0.1, -0.05) is 30.3 Å². The van der Waals surface area contributed by atoms with E-state index in [2.05, 4.69) is 36.2 Å². The van der Waals surface area contributed by atoms with Crippen LogP contribution in [0.3, 0.4) is 0 Å². The molecular formula is C35H42N8O4. The molecule has 1 saturated carbocycles. The van der Waals surface area contributed by atoms with Crippen LogP contribution in [0.2, 0.25) is 0 Å². The number of amides is 3. The number of nitrogens with zero attached hydrogens (tertiary/aromatic N) is 1. The van der Waals surface area contributed by atoms with Gasteiger partial charge in [0.2, 0.25) is 11.8 Å². The number of carbonyl (C=O) groups is 3. The van der Waals surface area contributed by atoms with Gasteiger partial charge >= 0.3 is 5.69 Å². The van der Waals surface area contributed by atoms with Gasteiger partial charge in [-0.25, -0.2) is 9.78 Å². The number of H-pyrrole nitrogens is 2. The van der Waals surface area contributed by atoms with E-state index in [4.69, 9.17) is 5.73 Å². The zero-order valence-corrected chi connectivity index (χ0v) is 26.5. The van der Waals surface area contributed by atoms with E-state index < -0.39 is 6.04 Å². The smallest absolute Gasteiger partial charge is 0.323 e. The van der Waals surface area contributed by atoms with Crippen molar-refractivity contribution in [2.45, 2.75) is 57.5 Å². The highest BCUT2D eigenvalue weighted by molar-refractivity contribution is 5.99. The lowest BCUT2D eigenvalue weighted by Gasteiger charge is -2.28. The lowest BCUT2D eigenvalue weighted by atomic mass is 9.81. The standard InChI is InChI=1S/C35H42N8O4/c1-20-27(11-13-29(38-20)33(45)40-26-14-15-37-19-26)23-6-2-21(3-7-23)16-31(41-32(44)24-8-4-22(18-36)5-9-24)34(46)39-25-10-12-28-30(17-25)43-35(47)42-28/h2-3,6-7,10-13,17,22,24,26,31,37H,4-5,8-9,14-16,18-19,36H2,1H3,(H,39,46)(H,40,45)(H,41,44)(H2,42,43,47). The van der Waals surface area contributed by atoms with Crippen LogP contribution in [0.25, 0.3) is 22.2 Å². The number of hydrogen-bond acceptors (Lipinski definition) is 7. The fraction of sp³-hybridized carbons (Fsp3) is 0.400. The number of anilines is 1. The van der Waals surface area contributed by atoms with Crippen molar-refractivity contribution in [3.8, 4) is 11.1 Å². The second kappa shape index (κ2) is 14.3. The Hall–Kier alpha value is -4.81. The SMILES string of the molecule is Cc1nc(C(=O)NC2CCNC2)ccc1-c1ccc(CC(NC(=O)C2CCC(CN)CC2)C(=O)Nc2ccc3[nH]c(=O)[nH]c3c2)cc1. The van der Waals surface area contributed by atoms with Crippen LogP contribution < -0.4 is 32.7 Å². The fourth-order valence-electron chi connectivity index (χ4n) is 6.58. The molecule has 4 aromatic rings. The van der Waals surface area contributed by atoms with E-state index in [-0.39, 0.29) is 41.8 Å². The summed E-state index contributed by atoms with van der Waals surface area (Å²) < 4.78 is 0. The van der Waals surface area contributed by atoms with Gasteiger partial charge in [-0.15, -0.1) is 0 Å². The summed E-state index contributed by atoms with van der Waals surface area (Å²) in [4.78, 5) is 61.4. The van der Waals surface area contributed by atoms with Gasteiger partial charge in [0.1, 0.15) is 11.7 Å². The number of hydrogen-bond donors (Lipinski definition) is 7. The van der Waals surface area contributed by atoms with E-state index in [1.165, 1.54) is 0 Å². The molecule has 2 aromatic carbocycles. The van der Waals surface area contributed by atoms with E-state index in [0.29, 0.717) is 34.9 Å². The lowest BCUT2D eigenvalue weighted by molar-refractivity contribution is -0.130. The Morgan fingerprint density at radius 2 is 1.72 bits per heavy atom. The van der Waals surface area contributed by atoms with Crippen molar-refractivity contribution in [3.05, 3.63) is 82.0 Å². The molecule has 2 fully saturated rings. The first kappa shape index (κ1) is 32.1. The summed E-state index contributed by atoms with van der Waals surface area (Å²) in [6.07, 6.45) is 4.49. The molecule has 0 bridgehead atoms. The number of imidazole rings is 1. The first-order chi connectivity index (χ1) is 22.7. The predicted molar refractivity (Wildman–Crippen MR) is 181 cm³/mol. The first-order valence-electron chi connectivity index (χ1n) is 16.4. The molecular weight excluding hydrogens is 596 g/mol. The summed E-state index contributed by atoms with van der Waals surface area (Å²) in [5.74, 6) is -0.376. The topological polar surface area (TPSA) is 187 Å². The molecule has 3 amide bonds. The van der Waals surface area contributed by atoms with Crippen molar-refractivity contribution in [3.63, 3.8) is 0 Å². The highest BCUT2D eigenvalue weighted by atomic mass is 16.2. The molecule has 2 unspecified atom stereocenters. The third-order valence-corrected chi connectivity index (χ3v) is 9.39. The number of aromatic nitrogens is 3. The Bertz CT molecular complexity index is 1800. The number of benzene rings is 2. The summed E-state index contributed by atoms with van der Waals surface area (Å²) in [6.45, 7) is 4.17. The minimum Gasteiger partial charge on any atom is -0.347 e. The molecule has 2 atom stereocenters. The summed E-state index contributed by atoms with van der Waals surface area (Å²) in [6, 6.07) is 15.9. The molecule has 1 aliphatic carbocycles. The Balaban J connectivity index is 1.16. The van der Waals surface area contributed by atoms with Crippen molar-refractivity contribution >= 4 is 34.4 Å². The molecule has 3 heterocycles. The van der Waals surface area contributed by atoms with Crippen molar-refractivity contribution in [1.29, 1.82) is 0 Å². The van der Waals surface area contributed by atoms with Gasteiger partial charge in [0, 0.05) is 41.9 Å². The van der Waals surface area contributed by atoms with Crippen LogP contribution in [0.15, 0.2) is 59.4 Å². The normalized spacial score (nSPS) is 20.1. The maximum absolute atomic E-state index is 13.6. The van der Waals surface area contributed by atoms with E-state index in [1.807, 2.05) is 37.3 Å². The van der Waals surface area contributed by atoms with Crippen LogP contribution >= 0.6 is 0 Å². The number of nitrogens with one attached hydrogen (secondary N) is 6. The molecule has 1 saturated heterocycles. The molecule has 2 aliphatic rings. The van der Waals surface area contributed by atoms with Gasteiger partial charge in [-0.2, -0.15) is 0 Å². The van der Waals surface area contributed by atoms with Crippen LogP contribution in [-0.2, 0) is 16.0 Å². The number of aromatic amines is 2. The van der Waals surface area contributed by atoms with Crippen molar-refractivity contribution in [2.24, 2.45) is 17.6 Å². The molecule has 1 aliphatic heterocycles. The maximum Gasteiger partial charge on any atom is 0.323 e. The minimum atomic E-state index is -0.821. The minimum absolute atomic E-state index is 0.118. The Morgan fingerprint density at radius 3 is 2.43 bits per heavy atom. The Morgan fingerprint density at radius 1 is 0.957 bits per heavy atom. The highest BCUT2D eigenvalue weighted by Crippen LogP contribution is 2.29. The highest BCUT2D eigenvalue weighted by Gasteiger charge is 2.29.